The number of nitrogens with zero attached hydrogens (tertiary/aromatic N) is 1. The Hall–Kier alpha value is -4.99. The van der Waals surface area contributed by atoms with E-state index in [1.165, 1.54) is 49.6 Å². The fourth-order valence-electron chi connectivity index (χ4n) is 3.52. The van der Waals surface area contributed by atoms with Crippen molar-refractivity contribution < 1.29 is 38.1 Å². The maximum atomic E-state index is 14.2. The molecule has 0 atom stereocenters. The number of imide groups is 2. The maximum absolute atomic E-state index is 14.2. The highest BCUT2D eigenvalue weighted by Crippen LogP contribution is 2.31. The average Bonchev–Trinajstić information content (AvgIpc) is 2.86. The van der Waals surface area contributed by atoms with Crippen LogP contribution in [0.1, 0.15) is 21.5 Å². The largest absolute Gasteiger partial charge is 0.545 e. The minimum Gasteiger partial charge on any atom is -0.545 e. The number of para-hydroxylation sites is 1. The van der Waals surface area contributed by atoms with Gasteiger partial charge in [0.25, 0.3) is 11.8 Å². The molecule has 10 heteroatoms. The SMILES string of the molecule is COc1cc(/C=C2/C(=O)NC(=O)N(c3ccccc3F)C2=O)ccc1OCc1cccc(C(=O)[O-])c1. The number of urea groups is 1. The quantitative estimate of drug-likeness (QED) is 0.399. The van der Waals surface area contributed by atoms with Crippen molar-refractivity contribution in [3.8, 4) is 11.5 Å². The van der Waals surface area contributed by atoms with Crippen LogP contribution < -0.4 is 24.8 Å². The third-order valence-corrected chi connectivity index (χ3v) is 5.25. The van der Waals surface area contributed by atoms with Crippen LogP contribution in [-0.4, -0.2) is 30.9 Å². The van der Waals surface area contributed by atoms with Crippen LogP contribution in [-0.2, 0) is 16.2 Å². The van der Waals surface area contributed by atoms with Crippen molar-refractivity contribution in [1.82, 2.24) is 5.32 Å². The number of anilines is 1. The van der Waals surface area contributed by atoms with Crippen molar-refractivity contribution >= 4 is 35.6 Å². The van der Waals surface area contributed by atoms with E-state index in [0.717, 1.165) is 6.07 Å². The van der Waals surface area contributed by atoms with Crippen LogP contribution in [0.2, 0.25) is 0 Å². The monoisotopic (exact) mass is 489 g/mol. The summed E-state index contributed by atoms with van der Waals surface area (Å²) in [6, 6.07) is 14.8. The highest BCUT2D eigenvalue weighted by Gasteiger charge is 2.37. The summed E-state index contributed by atoms with van der Waals surface area (Å²) in [5.41, 5.74) is 0.310. The van der Waals surface area contributed by atoms with Gasteiger partial charge in [0, 0.05) is 0 Å². The van der Waals surface area contributed by atoms with Gasteiger partial charge >= 0.3 is 6.03 Å². The van der Waals surface area contributed by atoms with E-state index in [2.05, 4.69) is 0 Å². The van der Waals surface area contributed by atoms with E-state index in [9.17, 15) is 28.7 Å². The molecule has 3 aromatic carbocycles. The van der Waals surface area contributed by atoms with Crippen LogP contribution in [0.3, 0.4) is 0 Å². The zero-order valence-corrected chi connectivity index (χ0v) is 18.8. The van der Waals surface area contributed by atoms with Gasteiger partial charge < -0.3 is 19.4 Å². The van der Waals surface area contributed by atoms with Crippen molar-refractivity contribution in [3.63, 3.8) is 0 Å². The van der Waals surface area contributed by atoms with Gasteiger partial charge in [-0.05, 0) is 53.1 Å². The van der Waals surface area contributed by atoms with Gasteiger partial charge in [0.05, 0.1) is 18.8 Å². The first-order valence-corrected chi connectivity index (χ1v) is 10.6. The zero-order chi connectivity index (χ0) is 25.8. The first kappa shape index (κ1) is 24.1. The van der Waals surface area contributed by atoms with Gasteiger partial charge in [0.1, 0.15) is 18.0 Å². The highest BCUT2D eigenvalue weighted by atomic mass is 19.1. The number of aromatic carboxylic acids is 1. The number of hydrogen-bond acceptors (Lipinski definition) is 7. The number of carbonyl (C=O) groups is 4. The lowest BCUT2D eigenvalue weighted by Crippen LogP contribution is -2.54. The van der Waals surface area contributed by atoms with Gasteiger partial charge in [0.15, 0.2) is 11.5 Å². The third-order valence-electron chi connectivity index (χ3n) is 5.25. The number of carbonyl (C=O) groups excluding carboxylic acids is 4. The molecule has 0 aliphatic carbocycles. The van der Waals surface area contributed by atoms with E-state index >= 15 is 0 Å². The molecule has 0 radical (unpaired) electrons. The van der Waals surface area contributed by atoms with Gasteiger partial charge in [-0.1, -0.05) is 36.4 Å². The zero-order valence-electron chi connectivity index (χ0n) is 18.8. The number of hydrogen-bond donors (Lipinski definition) is 1. The Bertz CT molecular complexity index is 1420. The van der Waals surface area contributed by atoms with E-state index in [4.69, 9.17) is 9.47 Å². The summed E-state index contributed by atoms with van der Waals surface area (Å²) in [7, 11) is 1.40. The minimum absolute atomic E-state index is 0.0170. The van der Waals surface area contributed by atoms with Gasteiger partial charge in [-0.2, -0.15) is 0 Å². The molecule has 4 rings (SSSR count). The number of halogens is 1. The Morgan fingerprint density at radius 3 is 2.53 bits per heavy atom. The molecule has 36 heavy (non-hydrogen) atoms. The second-order valence-corrected chi connectivity index (χ2v) is 7.60. The molecule has 4 amide bonds. The van der Waals surface area contributed by atoms with Crippen LogP contribution >= 0.6 is 0 Å². The molecule has 182 valence electrons. The van der Waals surface area contributed by atoms with Gasteiger partial charge in [-0.3, -0.25) is 14.9 Å². The highest BCUT2D eigenvalue weighted by molar-refractivity contribution is 6.39. The lowest BCUT2D eigenvalue weighted by molar-refractivity contribution is -0.255. The van der Waals surface area contributed by atoms with Crippen LogP contribution in [0.4, 0.5) is 14.9 Å². The number of methoxy groups -OCH3 is 1. The second-order valence-electron chi connectivity index (χ2n) is 7.60. The number of benzene rings is 3. The average molecular weight is 489 g/mol. The Balaban J connectivity index is 1.59. The molecule has 1 aliphatic heterocycles. The van der Waals surface area contributed by atoms with Crippen molar-refractivity contribution in [2.75, 3.05) is 12.0 Å². The third kappa shape index (κ3) is 4.92. The van der Waals surface area contributed by atoms with Gasteiger partial charge in [-0.25, -0.2) is 14.1 Å². The topological polar surface area (TPSA) is 125 Å². The molecule has 0 saturated carbocycles. The van der Waals surface area contributed by atoms with Crippen LogP contribution in [0.25, 0.3) is 6.08 Å². The number of rotatable bonds is 7. The van der Waals surface area contributed by atoms with E-state index < -0.39 is 29.6 Å². The first-order valence-electron chi connectivity index (χ1n) is 10.6. The maximum Gasteiger partial charge on any atom is 0.336 e. The summed E-state index contributed by atoms with van der Waals surface area (Å²) in [6.45, 7) is 0.0402. The Kier molecular flexibility index (Phi) is 6.77. The summed E-state index contributed by atoms with van der Waals surface area (Å²) in [6.07, 6.45) is 1.24. The van der Waals surface area contributed by atoms with Crippen molar-refractivity contribution in [3.05, 3.63) is 94.8 Å². The Morgan fingerprint density at radius 1 is 1.03 bits per heavy atom. The fourth-order valence-corrected chi connectivity index (χ4v) is 3.52. The first-order chi connectivity index (χ1) is 17.3. The van der Waals surface area contributed by atoms with Crippen LogP contribution in [0.15, 0.2) is 72.3 Å². The molecule has 0 bridgehead atoms. The standard InChI is InChI=1S/C26H19FN2O7/c1-35-22-13-15(9-10-21(22)36-14-16-5-4-6-17(11-16)25(32)33)12-18-23(30)28-26(34)29(24(18)31)20-8-3-2-7-19(20)27/h2-13H,14H2,1H3,(H,32,33)(H,28,30,34)/p-1/b18-12-. The van der Waals surface area contributed by atoms with E-state index in [1.54, 1.807) is 24.3 Å². The molecule has 0 spiro atoms. The predicted octanol–water partition coefficient (Wildman–Crippen LogP) is 2.44. The number of amides is 4. The van der Waals surface area contributed by atoms with Gasteiger partial charge in [0.2, 0.25) is 0 Å². The molecular formula is C26H18FN2O7-. The number of ether oxygens (including phenoxy) is 2. The van der Waals surface area contributed by atoms with Crippen LogP contribution in [0.5, 0.6) is 11.5 Å². The number of nitrogens with one attached hydrogen (secondary N) is 1. The van der Waals surface area contributed by atoms with E-state index in [-0.39, 0.29) is 29.2 Å². The summed E-state index contributed by atoms with van der Waals surface area (Å²) >= 11 is 0. The van der Waals surface area contributed by atoms with Gasteiger partial charge in [-0.15, -0.1) is 0 Å². The minimum atomic E-state index is -1.30. The summed E-state index contributed by atoms with van der Waals surface area (Å²) < 4.78 is 25.3. The summed E-state index contributed by atoms with van der Waals surface area (Å²) in [5.74, 6) is -3.43. The Morgan fingerprint density at radius 2 is 1.81 bits per heavy atom. The van der Waals surface area contributed by atoms with Crippen molar-refractivity contribution in [2.24, 2.45) is 0 Å². The molecule has 1 saturated heterocycles. The lowest BCUT2D eigenvalue weighted by Gasteiger charge is -2.26. The fraction of sp³-hybridized carbons (Fsp3) is 0.0769. The second kappa shape index (κ2) is 10.1. The molecule has 1 heterocycles. The molecule has 3 aromatic rings. The molecule has 1 fully saturated rings. The van der Waals surface area contributed by atoms with Crippen LogP contribution in [0, 0.1) is 5.82 Å². The smallest absolute Gasteiger partial charge is 0.336 e. The van der Waals surface area contributed by atoms with Crippen molar-refractivity contribution in [1.29, 1.82) is 0 Å². The van der Waals surface area contributed by atoms with Crippen molar-refractivity contribution in [2.45, 2.75) is 6.61 Å². The molecule has 1 aliphatic rings. The summed E-state index contributed by atoms with van der Waals surface area (Å²) in [4.78, 5) is 49.2. The normalized spacial score (nSPS) is 14.6. The molecule has 1 N–H and O–H groups in total. The molecule has 9 nitrogen and oxygen atoms in total. The number of barbiturate groups is 1. The molecule has 0 unspecified atom stereocenters. The predicted molar refractivity (Wildman–Crippen MR) is 124 cm³/mol. The Labute approximate surface area is 204 Å². The molecule has 0 aromatic heterocycles. The van der Waals surface area contributed by atoms with E-state index in [1.807, 2.05) is 5.32 Å². The molecular weight excluding hydrogens is 471 g/mol. The number of carboxylic acids is 1. The summed E-state index contributed by atoms with van der Waals surface area (Å²) in [5, 5.41) is 13.1. The lowest BCUT2D eigenvalue weighted by atomic mass is 10.1. The number of carboxylic acid groups (broad SMARTS) is 1. The van der Waals surface area contributed by atoms with E-state index in [0.29, 0.717) is 21.8 Å².